The molecule has 0 aromatic carbocycles. The maximum atomic E-state index is 11.4. The number of likely N-dealkylation sites (N-methyl/N-ethyl adjacent to an activating group) is 1. The third-order valence-corrected chi connectivity index (χ3v) is 3.90. The summed E-state index contributed by atoms with van der Waals surface area (Å²) in [6.07, 6.45) is 6.95. The Balaban J connectivity index is 1.80. The molecule has 1 N–H and O–H groups in total. The zero-order chi connectivity index (χ0) is 14.4. The molecule has 1 aromatic rings. The topological polar surface area (TPSA) is 54.5 Å². The lowest BCUT2D eigenvalue weighted by Gasteiger charge is -2.24. The second-order valence-corrected chi connectivity index (χ2v) is 5.27. The molecule has 20 heavy (non-hydrogen) atoms. The maximum Gasteiger partial charge on any atom is 0.338 e. The number of anilines is 1. The average Bonchev–Trinajstić information content (AvgIpc) is 3.01. The number of carbonyl (C=O) groups is 1. The first-order valence-corrected chi connectivity index (χ1v) is 7.19. The van der Waals surface area contributed by atoms with Gasteiger partial charge in [-0.15, -0.1) is 0 Å². The van der Waals surface area contributed by atoms with Gasteiger partial charge in [-0.3, -0.25) is 0 Å². The van der Waals surface area contributed by atoms with Crippen molar-refractivity contribution in [3.05, 3.63) is 23.9 Å². The third kappa shape index (κ3) is 3.93. The van der Waals surface area contributed by atoms with Gasteiger partial charge in [0.15, 0.2) is 0 Å². The molecule has 1 saturated carbocycles. The first-order valence-electron chi connectivity index (χ1n) is 7.19. The fraction of sp³-hybridized carbons (Fsp3) is 0.600. The van der Waals surface area contributed by atoms with E-state index in [-0.39, 0.29) is 5.97 Å². The molecule has 110 valence electrons. The van der Waals surface area contributed by atoms with E-state index in [1.54, 1.807) is 18.3 Å². The largest absolute Gasteiger partial charge is 0.465 e. The molecule has 1 fully saturated rings. The Hall–Kier alpha value is -1.62. The fourth-order valence-electron chi connectivity index (χ4n) is 2.66. The van der Waals surface area contributed by atoms with Crippen LogP contribution in [-0.2, 0) is 4.74 Å². The van der Waals surface area contributed by atoms with Crippen LogP contribution in [0.3, 0.4) is 0 Å². The Labute approximate surface area is 120 Å². The van der Waals surface area contributed by atoms with Crippen LogP contribution in [0.15, 0.2) is 18.3 Å². The number of nitrogens with zero attached hydrogens (tertiary/aromatic N) is 2. The van der Waals surface area contributed by atoms with E-state index < -0.39 is 0 Å². The highest BCUT2D eigenvalue weighted by Crippen LogP contribution is 2.21. The Morgan fingerprint density at radius 1 is 1.50 bits per heavy atom. The van der Waals surface area contributed by atoms with Crippen molar-refractivity contribution in [1.29, 1.82) is 0 Å². The molecule has 0 unspecified atom stereocenters. The number of rotatable bonds is 6. The zero-order valence-corrected chi connectivity index (χ0v) is 12.3. The summed E-state index contributed by atoms with van der Waals surface area (Å²) in [5.74, 6) is 0.381. The number of esters is 1. The summed E-state index contributed by atoms with van der Waals surface area (Å²) < 4.78 is 4.70. The number of hydrogen-bond donors (Lipinski definition) is 1. The van der Waals surface area contributed by atoms with Gasteiger partial charge < -0.3 is 15.0 Å². The quantitative estimate of drug-likeness (QED) is 0.808. The van der Waals surface area contributed by atoms with Gasteiger partial charge in [-0.25, -0.2) is 9.78 Å². The van der Waals surface area contributed by atoms with Gasteiger partial charge in [-0.1, -0.05) is 12.8 Å². The first-order chi connectivity index (χ1) is 9.70. The van der Waals surface area contributed by atoms with Gasteiger partial charge in [-0.2, -0.15) is 0 Å². The van der Waals surface area contributed by atoms with Crippen LogP contribution < -0.4 is 5.32 Å². The van der Waals surface area contributed by atoms with E-state index in [9.17, 15) is 4.79 Å². The van der Waals surface area contributed by atoms with E-state index in [4.69, 9.17) is 4.74 Å². The molecule has 5 nitrogen and oxygen atoms in total. The summed E-state index contributed by atoms with van der Waals surface area (Å²) in [7, 11) is 3.56. The van der Waals surface area contributed by atoms with Crippen LogP contribution >= 0.6 is 0 Å². The minimum Gasteiger partial charge on any atom is -0.465 e. The first kappa shape index (κ1) is 14.8. The Kier molecular flexibility index (Phi) is 5.35. The lowest BCUT2D eigenvalue weighted by molar-refractivity contribution is 0.0600. The van der Waals surface area contributed by atoms with Gasteiger partial charge in [-0.05, 0) is 32.0 Å². The van der Waals surface area contributed by atoms with Crippen molar-refractivity contribution in [3.63, 3.8) is 0 Å². The van der Waals surface area contributed by atoms with E-state index >= 15 is 0 Å². The summed E-state index contributed by atoms with van der Waals surface area (Å²) in [6.45, 7) is 1.80. The van der Waals surface area contributed by atoms with E-state index in [1.807, 2.05) is 0 Å². The molecule has 0 amide bonds. The van der Waals surface area contributed by atoms with Crippen LogP contribution in [0.1, 0.15) is 36.0 Å². The van der Waals surface area contributed by atoms with E-state index in [1.165, 1.54) is 32.8 Å². The second kappa shape index (κ2) is 7.24. The van der Waals surface area contributed by atoms with Crippen molar-refractivity contribution in [2.24, 2.45) is 0 Å². The van der Waals surface area contributed by atoms with Crippen LogP contribution in [0, 0.1) is 0 Å². The Morgan fingerprint density at radius 3 is 2.95 bits per heavy atom. The summed E-state index contributed by atoms with van der Waals surface area (Å²) in [4.78, 5) is 18.1. The highest BCUT2D eigenvalue weighted by Gasteiger charge is 2.18. The van der Waals surface area contributed by atoms with Gasteiger partial charge >= 0.3 is 5.97 Å². The van der Waals surface area contributed by atoms with Gasteiger partial charge in [0.1, 0.15) is 5.82 Å². The molecule has 1 heterocycles. The number of pyridine rings is 1. The van der Waals surface area contributed by atoms with Crippen LogP contribution in [0.2, 0.25) is 0 Å². The van der Waals surface area contributed by atoms with Crippen molar-refractivity contribution in [2.75, 3.05) is 32.6 Å². The molecular formula is C15H23N3O2. The van der Waals surface area contributed by atoms with Crippen molar-refractivity contribution >= 4 is 11.8 Å². The fourth-order valence-corrected chi connectivity index (χ4v) is 2.66. The van der Waals surface area contributed by atoms with Crippen LogP contribution in [0.25, 0.3) is 0 Å². The molecule has 1 aliphatic rings. The van der Waals surface area contributed by atoms with E-state index in [2.05, 4.69) is 22.2 Å². The molecule has 0 bridgehead atoms. The molecule has 0 saturated heterocycles. The van der Waals surface area contributed by atoms with Crippen molar-refractivity contribution < 1.29 is 9.53 Å². The van der Waals surface area contributed by atoms with Crippen LogP contribution in [-0.4, -0.2) is 49.1 Å². The number of hydrogen-bond acceptors (Lipinski definition) is 5. The number of ether oxygens (including phenoxy) is 1. The molecule has 1 aliphatic carbocycles. The molecule has 0 radical (unpaired) electrons. The smallest absolute Gasteiger partial charge is 0.338 e. The molecule has 5 heteroatoms. The normalized spacial score (nSPS) is 15.6. The number of nitrogens with one attached hydrogen (secondary N) is 1. The Bertz CT molecular complexity index is 444. The maximum absolute atomic E-state index is 11.4. The average molecular weight is 277 g/mol. The van der Waals surface area contributed by atoms with Crippen molar-refractivity contribution in [2.45, 2.75) is 31.7 Å². The minimum atomic E-state index is -0.335. The predicted molar refractivity (Wildman–Crippen MR) is 79.0 cm³/mol. The van der Waals surface area contributed by atoms with Crippen molar-refractivity contribution in [3.8, 4) is 0 Å². The van der Waals surface area contributed by atoms with Crippen molar-refractivity contribution in [1.82, 2.24) is 9.88 Å². The van der Waals surface area contributed by atoms with E-state index in [0.717, 1.165) is 19.1 Å². The highest BCUT2D eigenvalue weighted by atomic mass is 16.5. The van der Waals surface area contributed by atoms with Crippen LogP contribution in [0.4, 0.5) is 5.82 Å². The van der Waals surface area contributed by atoms with Crippen LogP contribution in [0.5, 0.6) is 0 Å². The van der Waals surface area contributed by atoms with Gasteiger partial charge in [0.2, 0.25) is 0 Å². The second-order valence-electron chi connectivity index (χ2n) is 5.27. The summed E-state index contributed by atoms with van der Waals surface area (Å²) in [6, 6.07) is 4.11. The van der Waals surface area contributed by atoms with Gasteiger partial charge in [0.25, 0.3) is 0 Å². The van der Waals surface area contributed by atoms with Gasteiger partial charge in [0, 0.05) is 25.3 Å². The number of aromatic nitrogens is 1. The van der Waals surface area contributed by atoms with E-state index in [0.29, 0.717) is 11.4 Å². The lowest BCUT2D eigenvalue weighted by Crippen LogP contribution is -2.33. The third-order valence-electron chi connectivity index (χ3n) is 3.90. The zero-order valence-electron chi connectivity index (χ0n) is 12.3. The lowest BCUT2D eigenvalue weighted by atomic mass is 10.2. The Morgan fingerprint density at radius 2 is 2.25 bits per heavy atom. The summed E-state index contributed by atoms with van der Waals surface area (Å²) >= 11 is 0. The molecule has 2 rings (SSSR count). The summed E-state index contributed by atoms with van der Waals surface area (Å²) in [5, 5.41) is 3.26. The van der Waals surface area contributed by atoms with Gasteiger partial charge in [0.05, 0.1) is 12.7 Å². The highest BCUT2D eigenvalue weighted by molar-refractivity contribution is 5.89. The summed E-state index contributed by atoms with van der Waals surface area (Å²) in [5.41, 5.74) is 0.522. The molecule has 0 atom stereocenters. The SMILES string of the molecule is COC(=O)c1ccnc(NCCN(C)C2CCCC2)c1. The number of methoxy groups -OCH3 is 1. The standard InChI is InChI=1S/C15H23N3O2/c1-18(13-5-3-4-6-13)10-9-17-14-11-12(7-8-16-14)15(19)20-2/h7-8,11,13H,3-6,9-10H2,1-2H3,(H,16,17). The molecule has 0 aliphatic heterocycles. The predicted octanol–water partition coefficient (Wildman–Crippen LogP) is 2.15. The minimum absolute atomic E-state index is 0.335. The number of carbonyl (C=O) groups excluding carboxylic acids is 1. The molecule has 0 spiro atoms. The monoisotopic (exact) mass is 277 g/mol. The molecule has 1 aromatic heterocycles. The molecular weight excluding hydrogens is 254 g/mol.